The quantitative estimate of drug-likeness (QED) is 0.358. The van der Waals surface area contributed by atoms with Gasteiger partial charge < -0.3 is 4.74 Å². The zero-order valence-corrected chi connectivity index (χ0v) is 12.7. The highest BCUT2D eigenvalue weighted by molar-refractivity contribution is 5.68. The fourth-order valence-corrected chi connectivity index (χ4v) is 2.23. The molecule has 0 aromatic heterocycles. The van der Waals surface area contributed by atoms with Gasteiger partial charge in [0, 0.05) is 6.42 Å². The largest absolute Gasteiger partial charge is 0.466 e. The van der Waals surface area contributed by atoms with Crippen LogP contribution in [-0.2, 0) is 9.53 Å². The number of rotatable bonds is 12. The summed E-state index contributed by atoms with van der Waals surface area (Å²) in [6.45, 7) is 6.96. The molecule has 0 rings (SSSR count). The third-order valence-corrected chi connectivity index (χ3v) is 3.51. The first-order valence-corrected chi connectivity index (χ1v) is 7.90. The minimum Gasteiger partial charge on any atom is -0.466 e. The molecule has 1 atom stereocenters. The molecular formula is C16H32O2. The molecule has 0 aromatic carbocycles. The highest BCUT2D eigenvalue weighted by Crippen LogP contribution is 2.20. The number of esters is 1. The lowest BCUT2D eigenvalue weighted by atomic mass is 9.92. The molecule has 108 valence electrons. The normalized spacial score (nSPS) is 12.4. The topological polar surface area (TPSA) is 26.3 Å². The van der Waals surface area contributed by atoms with Crippen molar-refractivity contribution in [3.8, 4) is 0 Å². The van der Waals surface area contributed by atoms with Gasteiger partial charge in [-0.3, -0.25) is 4.79 Å². The van der Waals surface area contributed by atoms with E-state index in [1.54, 1.807) is 0 Å². The van der Waals surface area contributed by atoms with Gasteiger partial charge in [-0.1, -0.05) is 72.1 Å². The molecule has 0 aliphatic carbocycles. The molecule has 0 amide bonds. The van der Waals surface area contributed by atoms with Gasteiger partial charge >= 0.3 is 5.97 Å². The molecule has 0 aromatic rings. The number of carbonyl (C=O) groups is 1. The van der Waals surface area contributed by atoms with Crippen molar-refractivity contribution in [3.63, 3.8) is 0 Å². The highest BCUT2D eigenvalue weighted by Gasteiger charge is 2.09. The van der Waals surface area contributed by atoms with Crippen LogP contribution in [0.3, 0.4) is 0 Å². The van der Waals surface area contributed by atoms with Gasteiger partial charge in [0.05, 0.1) is 6.61 Å². The summed E-state index contributed by atoms with van der Waals surface area (Å²) in [6, 6.07) is 0. The van der Waals surface area contributed by atoms with Crippen LogP contribution < -0.4 is 0 Å². The van der Waals surface area contributed by atoms with E-state index in [1.807, 2.05) is 6.92 Å². The van der Waals surface area contributed by atoms with Gasteiger partial charge in [-0.05, 0) is 12.3 Å². The highest BCUT2D eigenvalue weighted by atomic mass is 16.5. The van der Waals surface area contributed by atoms with E-state index in [-0.39, 0.29) is 5.97 Å². The standard InChI is InChI=1S/C16H32O2/c1-4-7-9-10-12-15(11-8-5-2)13-14-18-16(17)6-3/h15H,4-14H2,1-3H3. The van der Waals surface area contributed by atoms with E-state index < -0.39 is 0 Å². The Hall–Kier alpha value is -0.530. The lowest BCUT2D eigenvalue weighted by Gasteiger charge is -2.16. The summed E-state index contributed by atoms with van der Waals surface area (Å²) in [7, 11) is 0. The third-order valence-electron chi connectivity index (χ3n) is 3.51. The smallest absolute Gasteiger partial charge is 0.305 e. The molecule has 2 heteroatoms. The molecule has 0 saturated heterocycles. The van der Waals surface area contributed by atoms with Crippen molar-refractivity contribution < 1.29 is 9.53 Å². The molecule has 0 N–H and O–H groups in total. The fraction of sp³-hybridized carbons (Fsp3) is 0.938. The number of hydrogen-bond donors (Lipinski definition) is 0. The Kier molecular flexibility index (Phi) is 12.5. The Balaban J connectivity index is 3.72. The minimum atomic E-state index is -0.0600. The van der Waals surface area contributed by atoms with Crippen molar-refractivity contribution in [2.24, 2.45) is 5.92 Å². The first-order valence-electron chi connectivity index (χ1n) is 7.90. The van der Waals surface area contributed by atoms with Crippen LogP contribution in [0.5, 0.6) is 0 Å². The van der Waals surface area contributed by atoms with Crippen molar-refractivity contribution in [3.05, 3.63) is 0 Å². The maximum atomic E-state index is 11.1. The Morgan fingerprint density at radius 2 is 1.56 bits per heavy atom. The van der Waals surface area contributed by atoms with Crippen LogP contribution in [-0.4, -0.2) is 12.6 Å². The van der Waals surface area contributed by atoms with Gasteiger partial charge in [-0.2, -0.15) is 0 Å². The van der Waals surface area contributed by atoms with Gasteiger partial charge in [-0.15, -0.1) is 0 Å². The maximum absolute atomic E-state index is 11.1. The number of carbonyl (C=O) groups excluding carboxylic acids is 1. The molecule has 0 heterocycles. The van der Waals surface area contributed by atoms with E-state index in [4.69, 9.17) is 4.74 Å². The van der Waals surface area contributed by atoms with Gasteiger partial charge in [-0.25, -0.2) is 0 Å². The molecule has 0 aliphatic rings. The molecular weight excluding hydrogens is 224 g/mol. The predicted octanol–water partition coefficient (Wildman–Crippen LogP) is 5.11. The van der Waals surface area contributed by atoms with Crippen LogP contribution >= 0.6 is 0 Å². The summed E-state index contributed by atoms with van der Waals surface area (Å²) in [5.41, 5.74) is 0. The zero-order valence-electron chi connectivity index (χ0n) is 12.7. The van der Waals surface area contributed by atoms with E-state index in [0.29, 0.717) is 13.0 Å². The average molecular weight is 256 g/mol. The lowest BCUT2D eigenvalue weighted by molar-refractivity contribution is -0.143. The van der Waals surface area contributed by atoms with Gasteiger partial charge in [0.25, 0.3) is 0 Å². The molecule has 0 radical (unpaired) electrons. The summed E-state index contributed by atoms with van der Waals surface area (Å²) in [5, 5.41) is 0. The number of hydrogen-bond acceptors (Lipinski definition) is 2. The predicted molar refractivity (Wildman–Crippen MR) is 77.6 cm³/mol. The van der Waals surface area contributed by atoms with Crippen molar-refractivity contribution in [2.75, 3.05) is 6.61 Å². The summed E-state index contributed by atoms with van der Waals surface area (Å²) in [5.74, 6) is 0.696. The molecule has 0 aliphatic heterocycles. The monoisotopic (exact) mass is 256 g/mol. The summed E-state index contributed by atoms with van der Waals surface area (Å²) in [6.07, 6.45) is 12.1. The Labute approximate surface area is 113 Å². The summed E-state index contributed by atoms with van der Waals surface area (Å²) >= 11 is 0. The number of unbranched alkanes of at least 4 members (excludes halogenated alkanes) is 4. The third kappa shape index (κ3) is 10.6. The van der Waals surface area contributed by atoms with E-state index in [2.05, 4.69) is 13.8 Å². The first-order chi connectivity index (χ1) is 8.74. The molecule has 0 bridgehead atoms. The Bertz CT molecular complexity index is 190. The molecule has 0 saturated carbocycles. The van der Waals surface area contributed by atoms with Crippen LogP contribution in [0.2, 0.25) is 0 Å². The van der Waals surface area contributed by atoms with Crippen LogP contribution in [0, 0.1) is 5.92 Å². The second-order valence-corrected chi connectivity index (χ2v) is 5.22. The van der Waals surface area contributed by atoms with Crippen molar-refractivity contribution >= 4 is 5.97 Å². The second-order valence-electron chi connectivity index (χ2n) is 5.22. The maximum Gasteiger partial charge on any atom is 0.305 e. The lowest BCUT2D eigenvalue weighted by Crippen LogP contribution is -2.09. The van der Waals surface area contributed by atoms with E-state index in [1.165, 1.54) is 51.4 Å². The van der Waals surface area contributed by atoms with Crippen LogP contribution in [0.1, 0.15) is 85.0 Å². The second kappa shape index (κ2) is 12.9. The average Bonchev–Trinajstić information content (AvgIpc) is 2.39. The zero-order chi connectivity index (χ0) is 13.6. The summed E-state index contributed by atoms with van der Waals surface area (Å²) in [4.78, 5) is 11.1. The SMILES string of the molecule is CCCCCCC(CCCC)CCOC(=O)CC. The molecule has 18 heavy (non-hydrogen) atoms. The molecule has 0 fully saturated rings. The molecule has 2 nitrogen and oxygen atoms in total. The van der Waals surface area contributed by atoms with Gasteiger partial charge in [0.2, 0.25) is 0 Å². The van der Waals surface area contributed by atoms with Crippen molar-refractivity contribution in [1.82, 2.24) is 0 Å². The molecule has 0 spiro atoms. The van der Waals surface area contributed by atoms with Gasteiger partial charge in [0.1, 0.15) is 0 Å². The van der Waals surface area contributed by atoms with Crippen LogP contribution in [0.4, 0.5) is 0 Å². The number of ether oxygens (including phenoxy) is 1. The summed E-state index contributed by atoms with van der Waals surface area (Å²) < 4.78 is 5.19. The van der Waals surface area contributed by atoms with Crippen LogP contribution in [0.25, 0.3) is 0 Å². The van der Waals surface area contributed by atoms with E-state index in [0.717, 1.165) is 12.3 Å². The van der Waals surface area contributed by atoms with E-state index >= 15 is 0 Å². The van der Waals surface area contributed by atoms with E-state index in [9.17, 15) is 4.79 Å². The van der Waals surface area contributed by atoms with Crippen molar-refractivity contribution in [2.45, 2.75) is 85.0 Å². The Morgan fingerprint density at radius 3 is 2.17 bits per heavy atom. The molecule has 1 unspecified atom stereocenters. The van der Waals surface area contributed by atoms with Gasteiger partial charge in [0.15, 0.2) is 0 Å². The Morgan fingerprint density at radius 1 is 0.889 bits per heavy atom. The minimum absolute atomic E-state index is 0.0600. The van der Waals surface area contributed by atoms with Crippen LogP contribution in [0.15, 0.2) is 0 Å². The van der Waals surface area contributed by atoms with Crippen molar-refractivity contribution in [1.29, 1.82) is 0 Å². The fourth-order valence-electron chi connectivity index (χ4n) is 2.23. The first kappa shape index (κ1) is 17.5.